The van der Waals surface area contributed by atoms with Crippen LogP contribution in [0.15, 0.2) is 18.2 Å². The van der Waals surface area contributed by atoms with Crippen LogP contribution in [0.3, 0.4) is 0 Å². The van der Waals surface area contributed by atoms with Crippen LogP contribution in [0.2, 0.25) is 0 Å². The third kappa shape index (κ3) is 1.97. The molecule has 13 heavy (non-hydrogen) atoms. The lowest BCUT2D eigenvalue weighted by Gasteiger charge is -2.09. The molecule has 4 nitrogen and oxygen atoms in total. The molecule has 4 heteroatoms. The molecule has 0 saturated carbocycles. The predicted molar refractivity (Wildman–Crippen MR) is 48.8 cm³/mol. The van der Waals surface area contributed by atoms with Crippen LogP contribution >= 0.6 is 0 Å². The average Bonchev–Trinajstić information content (AvgIpc) is 2.08. The zero-order valence-corrected chi connectivity index (χ0v) is 7.50. The van der Waals surface area contributed by atoms with E-state index >= 15 is 0 Å². The first-order valence-electron chi connectivity index (χ1n) is 3.78. The van der Waals surface area contributed by atoms with Crippen LogP contribution in [-0.2, 0) is 4.84 Å². The first kappa shape index (κ1) is 9.54. The second-order valence-corrected chi connectivity index (χ2v) is 2.61. The van der Waals surface area contributed by atoms with E-state index in [0.717, 1.165) is 5.56 Å². The standard InChI is InChI=1S/C9H11NO3/c1-6-4-3-5-7(9(11)12)8(6)10-13-2/h3-5,10H,1-2H3,(H,11,12). The van der Waals surface area contributed by atoms with E-state index < -0.39 is 5.97 Å². The molecule has 0 aromatic heterocycles. The molecule has 2 N–H and O–H groups in total. The molecule has 0 radical (unpaired) electrons. The van der Waals surface area contributed by atoms with Crippen molar-refractivity contribution in [2.45, 2.75) is 6.92 Å². The maximum Gasteiger partial charge on any atom is 0.337 e. The summed E-state index contributed by atoms with van der Waals surface area (Å²) in [7, 11) is 1.44. The second kappa shape index (κ2) is 3.91. The highest BCUT2D eigenvalue weighted by molar-refractivity contribution is 5.94. The molecule has 0 heterocycles. The van der Waals surface area contributed by atoms with Gasteiger partial charge in [-0.05, 0) is 18.6 Å². The Hall–Kier alpha value is -1.55. The molecule has 70 valence electrons. The number of para-hydroxylation sites is 1. The number of aromatic carboxylic acids is 1. The molecule has 0 atom stereocenters. The number of hydrogen-bond donors (Lipinski definition) is 2. The maximum absolute atomic E-state index is 10.8. The average molecular weight is 181 g/mol. The van der Waals surface area contributed by atoms with Gasteiger partial charge in [-0.1, -0.05) is 12.1 Å². The molecule has 0 aliphatic heterocycles. The summed E-state index contributed by atoms with van der Waals surface area (Å²) >= 11 is 0. The van der Waals surface area contributed by atoms with Gasteiger partial charge in [0, 0.05) is 0 Å². The fourth-order valence-electron chi connectivity index (χ4n) is 1.08. The highest BCUT2D eigenvalue weighted by Crippen LogP contribution is 2.20. The Morgan fingerprint density at radius 3 is 2.77 bits per heavy atom. The summed E-state index contributed by atoms with van der Waals surface area (Å²) in [5.74, 6) is -0.969. The summed E-state index contributed by atoms with van der Waals surface area (Å²) < 4.78 is 0. The minimum atomic E-state index is -0.969. The quantitative estimate of drug-likeness (QED) is 0.696. The molecular formula is C9H11NO3. The molecule has 0 aliphatic rings. The van der Waals surface area contributed by atoms with Crippen LogP contribution in [0.4, 0.5) is 5.69 Å². The van der Waals surface area contributed by atoms with Crippen LogP contribution in [0.1, 0.15) is 15.9 Å². The Bertz CT molecular complexity index is 323. The first-order valence-corrected chi connectivity index (χ1v) is 3.78. The van der Waals surface area contributed by atoms with E-state index in [4.69, 9.17) is 5.11 Å². The molecule has 0 unspecified atom stereocenters. The number of hydrogen-bond acceptors (Lipinski definition) is 3. The minimum Gasteiger partial charge on any atom is -0.478 e. The number of anilines is 1. The van der Waals surface area contributed by atoms with Crippen LogP contribution in [-0.4, -0.2) is 18.2 Å². The van der Waals surface area contributed by atoms with Crippen molar-refractivity contribution in [1.29, 1.82) is 0 Å². The highest BCUT2D eigenvalue weighted by Gasteiger charge is 2.10. The van der Waals surface area contributed by atoms with E-state index in [1.54, 1.807) is 6.07 Å². The molecule has 0 spiro atoms. The molecule has 0 aliphatic carbocycles. The fourth-order valence-corrected chi connectivity index (χ4v) is 1.08. The van der Waals surface area contributed by atoms with Crippen molar-refractivity contribution in [2.75, 3.05) is 12.6 Å². The summed E-state index contributed by atoms with van der Waals surface area (Å²) in [6.45, 7) is 1.81. The van der Waals surface area contributed by atoms with E-state index in [0.29, 0.717) is 5.69 Å². The largest absolute Gasteiger partial charge is 0.478 e. The van der Waals surface area contributed by atoms with E-state index in [2.05, 4.69) is 10.3 Å². The molecular weight excluding hydrogens is 170 g/mol. The highest BCUT2D eigenvalue weighted by atomic mass is 16.6. The van der Waals surface area contributed by atoms with Crippen molar-refractivity contribution >= 4 is 11.7 Å². The van der Waals surface area contributed by atoms with Crippen molar-refractivity contribution in [3.05, 3.63) is 29.3 Å². The monoisotopic (exact) mass is 181 g/mol. The van der Waals surface area contributed by atoms with Gasteiger partial charge in [0.25, 0.3) is 0 Å². The van der Waals surface area contributed by atoms with Crippen molar-refractivity contribution < 1.29 is 14.7 Å². The van der Waals surface area contributed by atoms with Crippen molar-refractivity contribution in [3.8, 4) is 0 Å². The molecule has 0 saturated heterocycles. The number of rotatable bonds is 3. The lowest BCUT2D eigenvalue weighted by Crippen LogP contribution is -2.06. The Kier molecular flexibility index (Phi) is 2.87. The van der Waals surface area contributed by atoms with E-state index in [9.17, 15) is 4.79 Å². The molecule has 0 fully saturated rings. The van der Waals surface area contributed by atoms with Gasteiger partial charge in [0.1, 0.15) is 0 Å². The Labute approximate surface area is 76.1 Å². The van der Waals surface area contributed by atoms with Gasteiger partial charge in [-0.3, -0.25) is 10.3 Å². The molecule has 0 bridgehead atoms. The number of carbonyl (C=O) groups is 1. The van der Waals surface area contributed by atoms with Crippen LogP contribution in [0.25, 0.3) is 0 Å². The van der Waals surface area contributed by atoms with Crippen molar-refractivity contribution in [3.63, 3.8) is 0 Å². The zero-order chi connectivity index (χ0) is 9.84. The van der Waals surface area contributed by atoms with Crippen molar-refractivity contribution in [2.24, 2.45) is 0 Å². The van der Waals surface area contributed by atoms with E-state index in [-0.39, 0.29) is 5.56 Å². The summed E-state index contributed by atoms with van der Waals surface area (Å²) in [6.07, 6.45) is 0. The summed E-state index contributed by atoms with van der Waals surface area (Å²) in [5, 5.41) is 8.82. The van der Waals surface area contributed by atoms with Crippen LogP contribution < -0.4 is 5.48 Å². The fraction of sp³-hybridized carbons (Fsp3) is 0.222. The maximum atomic E-state index is 10.8. The van der Waals surface area contributed by atoms with Crippen molar-refractivity contribution in [1.82, 2.24) is 0 Å². The predicted octanol–water partition coefficient (Wildman–Crippen LogP) is 1.67. The first-order chi connectivity index (χ1) is 6.16. The van der Waals surface area contributed by atoms with Gasteiger partial charge in [0.05, 0.1) is 18.4 Å². The topological polar surface area (TPSA) is 58.6 Å². The summed E-state index contributed by atoms with van der Waals surface area (Å²) in [6, 6.07) is 5.03. The number of nitrogens with one attached hydrogen (secondary N) is 1. The lowest BCUT2D eigenvalue weighted by molar-refractivity contribution is 0.0697. The summed E-state index contributed by atoms with van der Waals surface area (Å²) in [4.78, 5) is 15.4. The Morgan fingerprint density at radius 2 is 2.23 bits per heavy atom. The molecule has 1 aromatic rings. The SMILES string of the molecule is CONc1c(C)cccc1C(=O)O. The normalized spacial score (nSPS) is 9.69. The molecule has 1 aromatic carbocycles. The minimum absolute atomic E-state index is 0.210. The lowest BCUT2D eigenvalue weighted by atomic mass is 10.1. The smallest absolute Gasteiger partial charge is 0.337 e. The third-order valence-corrected chi connectivity index (χ3v) is 1.71. The van der Waals surface area contributed by atoms with Gasteiger partial charge in [-0.25, -0.2) is 4.79 Å². The Morgan fingerprint density at radius 1 is 1.54 bits per heavy atom. The number of aryl methyl sites for hydroxylation is 1. The second-order valence-electron chi connectivity index (χ2n) is 2.61. The van der Waals surface area contributed by atoms with Gasteiger partial charge in [-0.2, -0.15) is 0 Å². The third-order valence-electron chi connectivity index (χ3n) is 1.71. The van der Waals surface area contributed by atoms with Gasteiger partial charge < -0.3 is 5.11 Å². The molecule has 1 rings (SSSR count). The van der Waals surface area contributed by atoms with Gasteiger partial charge in [0.15, 0.2) is 0 Å². The van der Waals surface area contributed by atoms with E-state index in [1.165, 1.54) is 13.2 Å². The van der Waals surface area contributed by atoms with Crippen LogP contribution in [0, 0.1) is 6.92 Å². The van der Waals surface area contributed by atoms with E-state index in [1.807, 2.05) is 13.0 Å². The molecule has 0 amide bonds. The number of benzene rings is 1. The summed E-state index contributed by atoms with van der Waals surface area (Å²) in [5.41, 5.74) is 4.09. The Balaban J connectivity index is 3.17. The zero-order valence-electron chi connectivity index (χ0n) is 7.50. The van der Waals surface area contributed by atoms with Gasteiger partial charge in [-0.15, -0.1) is 0 Å². The number of carboxylic acid groups (broad SMARTS) is 1. The van der Waals surface area contributed by atoms with Gasteiger partial charge in [0.2, 0.25) is 0 Å². The van der Waals surface area contributed by atoms with Gasteiger partial charge >= 0.3 is 5.97 Å². The van der Waals surface area contributed by atoms with Crippen LogP contribution in [0.5, 0.6) is 0 Å². The number of carboxylic acids is 1.